The Kier molecular flexibility index (Phi) is 4.52. The highest BCUT2D eigenvalue weighted by atomic mass is 79.9. The molecule has 0 amide bonds. The van der Waals surface area contributed by atoms with Crippen LogP contribution in [0.4, 0.5) is 0 Å². The molecule has 2 unspecified atom stereocenters. The fraction of sp³-hybridized carbons (Fsp3) is 0.533. The maximum Gasteiger partial charge on any atom is 0.335 e. The van der Waals surface area contributed by atoms with E-state index in [4.69, 9.17) is 9.84 Å². The third-order valence-corrected chi connectivity index (χ3v) is 5.04. The van der Waals surface area contributed by atoms with Crippen LogP contribution < -0.4 is 5.32 Å². The van der Waals surface area contributed by atoms with Crippen molar-refractivity contribution in [2.45, 2.75) is 39.0 Å². The molecule has 0 radical (unpaired) electrons. The fourth-order valence-electron chi connectivity index (χ4n) is 2.69. The zero-order valence-corrected chi connectivity index (χ0v) is 13.5. The van der Waals surface area contributed by atoms with Gasteiger partial charge < -0.3 is 15.2 Å². The van der Waals surface area contributed by atoms with E-state index in [9.17, 15) is 4.79 Å². The first-order chi connectivity index (χ1) is 9.36. The first-order valence-corrected chi connectivity index (χ1v) is 7.43. The Hall–Kier alpha value is -0.910. The molecule has 4 nitrogen and oxygen atoms in total. The zero-order valence-electron chi connectivity index (χ0n) is 11.9. The number of aromatic carboxylic acids is 1. The lowest BCUT2D eigenvalue weighted by Crippen LogP contribution is -2.60. The molecule has 1 saturated carbocycles. The summed E-state index contributed by atoms with van der Waals surface area (Å²) in [5.41, 5.74) is 1.48. The minimum absolute atomic E-state index is 0.127. The van der Waals surface area contributed by atoms with Gasteiger partial charge in [-0.1, -0.05) is 35.8 Å². The summed E-state index contributed by atoms with van der Waals surface area (Å²) in [5.74, 6) is -0.909. The van der Waals surface area contributed by atoms with E-state index < -0.39 is 5.97 Å². The van der Waals surface area contributed by atoms with Crippen LogP contribution in [-0.2, 0) is 11.3 Å². The fourth-order valence-corrected chi connectivity index (χ4v) is 3.21. The maximum atomic E-state index is 10.9. The van der Waals surface area contributed by atoms with E-state index in [0.29, 0.717) is 24.3 Å². The highest BCUT2D eigenvalue weighted by Crippen LogP contribution is 2.42. The first-order valence-electron chi connectivity index (χ1n) is 6.64. The van der Waals surface area contributed by atoms with E-state index >= 15 is 0 Å². The van der Waals surface area contributed by atoms with Gasteiger partial charge >= 0.3 is 5.97 Å². The highest BCUT2D eigenvalue weighted by Gasteiger charge is 2.48. The maximum absolute atomic E-state index is 10.9. The average Bonchev–Trinajstić information content (AvgIpc) is 2.39. The molecule has 110 valence electrons. The lowest BCUT2D eigenvalue weighted by atomic mass is 9.64. The Morgan fingerprint density at radius 1 is 1.55 bits per heavy atom. The number of rotatable bonds is 5. The van der Waals surface area contributed by atoms with Gasteiger partial charge in [0.1, 0.15) is 0 Å². The number of carbonyl (C=O) groups is 1. The number of nitrogens with one attached hydrogen (secondary N) is 1. The van der Waals surface area contributed by atoms with Gasteiger partial charge in [0.25, 0.3) is 0 Å². The largest absolute Gasteiger partial charge is 0.478 e. The molecular weight excluding hydrogens is 322 g/mol. The van der Waals surface area contributed by atoms with Gasteiger partial charge in [-0.15, -0.1) is 0 Å². The minimum atomic E-state index is -0.909. The quantitative estimate of drug-likeness (QED) is 0.864. The third-order valence-electron chi connectivity index (χ3n) is 4.30. The molecule has 0 bridgehead atoms. The lowest BCUT2D eigenvalue weighted by molar-refractivity contribution is -0.0979. The van der Waals surface area contributed by atoms with E-state index in [-0.39, 0.29) is 5.41 Å². The molecule has 2 N–H and O–H groups in total. The smallest absolute Gasteiger partial charge is 0.335 e. The predicted octanol–water partition coefficient (Wildman–Crippen LogP) is 3.05. The second kappa shape index (κ2) is 5.84. The van der Waals surface area contributed by atoms with Crippen LogP contribution in [0, 0.1) is 5.41 Å². The van der Waals surface area contributed by atoms with Gasteiger partial charge in [0.15, 0.2) is 0 Å². The molecule has 0 aromatic heterocycles. The van der Waals surface area contributed by atoms with Crippen LogP contribution in [0.5, 0.6) is 0 Å². The van der Waals surface area contributed by atoms with Crippen LogP contribution in [-0.4, -0.2) is 30.3 Å². The topological polar surface area (TPSA) is 58.6 Å². The van der Waals surface area contributed by atoms with Gasteiger partial charge in [-0.25, -0.2) is 4.79 Å². The van der Waals surface area contributed by atoms with E-state index in [1.165, 1.54) is 0 Å². The van der Waals surface area contributed by atoms with E-state index in [2.05, 4.69) is 35.1 Å². The van der Waals surface area contributed by atoms with Gasteiger partial charge in [0.2, 0.25) is 0 Å². The Morgan fingerprint density at radius 3 is 2.75 bits per heavy atom. The molecule has 1 fully saturated rings. The molecule has 2 rings (SSSR count). The summed E-state index contributed by atoms with van der Waals surface area (Å²) < 4.78 is 6.26. The van der Waals surface area contributed by atoms with Crippen LogP contribution in [0.2, 0.25) is 0 Å². The van der Waals surface area contributed by atoms with Crippen LogP contribution in [0.1, 0.15) is 36.2 Å². The third kappa shape index (κ3) is 2.90. The monoisotopic (exact) mass is 341 g/mol. The summed E-state index contributed by atoms with van der Waals surface area (Å²) in [6.45, 7) is 5.11. The predicted molar refractivity (Wildman–Crippen MR) is 80.9 cm³/mol. The van der Waals surface area contributed by atoms with Crippen molar-refractivity contribution < 1.29 is 14.6 Å². The first kappa shape index (κ1) is 15.5. The molecule has 2 atom stereocenters. The number of hydrogen-bond acceptors (Lipinski definition) is 3. The Morgan fingerprint density at radius 2 is 2.25 bits per heavy atom. The summed E-state index contributed by atoms with van der Waals surface area (Å²) in [4.78, 5) is 10.9. The number of carboxylic acids is 1. The molecule has 1 aromatic carbocycles. The van der Waals surface area contributed by atoms with Crippen molar-refractivity contribution in [1.29, 1.82) is 0 Å². The van der Waals surface area contributed by atoms with E-state index in [0.717, 1.165) is 16.5 Å². The van der Waals surface area contributed by atoms with Crippen LogP contribution >= 0.6 is 15.9 Å². The SMILES string of the molecule is COC1CC(NCc2ccc(C(=O)O)cc2Br)C1(C)C. The Labute approximate surface area is 127 Å². The number of benzene rings is 1. The molecule has 0 heterocycles. The normalized spacial score (nSPS) is 24.2. The molecular formula is C15H20BrNO3. The molecule has 0 spiro atoms. The number of carboxylic acid groups (broad SMARTS) is 1. The number of halogens is 1. The molecule has 1 aliphatic rings. The average molecular weight is 342 g/mol. The van der Waals surface area contributed by atoms with E-state index in [1.807, 2.05) is 6.07 Å². The number of methoxy groups -OCH3 is 1. The summed E-state index contributed by atoms with van der Waals surface area (Å²) in [6, 6.07) is 5.54. The van der Waals surface area contributed by atoms with Crippen molar-refractivity contribution in [2.75, 3.05) is 7.11 Å². The van der Waals surface area contributed by atoms with Gasteiger partial charge in [-0.05, 0) is 24.1 Å². The summed E-state index contributed by atoms with van der Waals surface area (Å²) in [6.07, 6.45) is 1.31. The van der Waals surface area contributed by atoms with Crippen molar-refractivity contribution in [3.63, 3.8) is 0 Å². The van der Waals surface area contributed by atoms with E-state index in [1.54, 1.807) is 19.2 Å². The molecule has 5 heteroatoms. The standard InChI is InChI=1S/C15H20BrNO3/c1-15(2)12(7-13(15)20-3)17-8-10-5-4-9(14(18)19)6-11(10)16/h4-6,12-13,17H,7-8H2,1-3H3,(H,18,19). The molecule has 20 heavy (non-hydrogen) atoms. The highest BCUT2D eigenvalue weighted by molar-refractivity contribution is 9.10. The zero-order chi connectivity index (χ0) is 14.9. The molecule has 1 aromatic rings. The van der Waals surface area contributed by atoms with Gasteiger partial charge in [-0.2, -0.15) is 0 Å². The molecule has 1 aliphatic carbocycles. The van der Waals surface area contributed by atoms with Crippen LogP contribution in [0.3, 0.4) is 0 Å². The second-order valence-electron chi connectivity index (χ2n) is 5.83. The second-order valence-corrected chi connectivity index (χ2v) is 6.68. The van der Waals surface area contributed by atoms with Gasteiger partial charge in [0, 0.05) is 29.6 Å². The Balaban J connectivity index is 1.97. The lowest BCUT2D eigenvalue weighted by Gasteiger charge is -2.51. The van der Waals surface area contributed by atoms with Crippen molar-refractivity contribution in [3.05, 3.63) is 33.8 Å². The van der Waals surface area contributed by atoms with Gasteiger partial charge in [0.05, 0.1) is 11.7 Å². The van der Waals surface area contributed by atoms with Crippen molar-refractivity contribution in [1.82, 2.24) is 5.32 Å². The molecule has 0 saturated heterocycles. The van der Waals surface area contributed by atoms with Crippen molar-refractivity contribution in [3.8, 4) is 0 Å². The number of hydrogen-bond donors (Lipinski definition) is 2. The summed E-state index contributed by atoms with van der Waals surface area (Å²) in [5, 5.41) is 12.5. The minimum Gasteiger partial charge on any atom is -0.478 e. The number of ether oxygens (including phenoxy) is 1. The van der Waals surface area contributed by atoms with Crippen molar-refractivity contribution >= 4 is 21.9 Å². The van der Waals surface area contributed by atoms with Crippen molar-refractivity contribution in [2.24, 2.45) is 5.41 Å². The summed E-state index contributed by atoms with van der Waals surface area (Å²) in [7, 11) is 1.75. The van der Waals surface area contributed by atoms with Gasteiger partial charge in [-0.3, -0.25) is 0 Å². The van der Waals surface area contributed by atoms with Crippen LogP contribution in [0.25, 0.3) is 0 Å². The summed E-state index contributed by atoms with van der Waals surface area (Å²) >= 11 is 3.43. The Bertz CT molecular complexity index is 516. The molecule has 0 aliphatic heterocycles. The van der Waals surface area contributed by atoms with Crippen LogP contribution in [0.15, 0.2) is 22.7 Å².